The van der Waals surface area contributed by atoms with Gasteiger partial charge in [0.2, 0.25) is 0 Å². The maximum Gasteiger partial charge on any atom is 0.171 e. The highest BCUT2D eigenvalue weighted by Crippen LogP contribution is 2.30. The van der Waals surface area contributed by atoms with E-state index >= 15 is 0 Å². The summed E-state index contributed by atoms with van der Waals surface area (Å²) in [6.07, 6.45) is 0. The largest absolute Gasteiger partial charge is 0.333 e. The van der Waals surface area contributed by atoms with E-state index in [1.165, 1.54) is 17.3 Å². The molecule has 3 nitrogen and oxygen atoms in total. The molecule has 98 valence electrons. The van der Waals surface area contributed by atoms with Crippen LogP contribution in [0.4, 0.5) is 0 Å². The average molecular weight is 344 g/mol. The lowest BCUT2D eigenvalue weighted by Gasteiger charge is -2.00. The quantitative estimate of drug-likeness (QED) is 0.736. The summed E-state index contributed by atoms with van der Waals surface area (Å²) >= 11 is 4.93. The molecule has 0 fully saturated rings. The Morgan fingerprint density at radius 3 is 2.90 bits per heavy atom. The van der Waals surface area contributed by atoms with E-state index in [1.54, 1.807) is 6.07 Å². The molecule has 0 radical (unpaired) electrons. The highest BCUT2D eigenvalue weighted by Gasteiger charge is 2.06. The Hall–Kier alpha value is -1.77. The van der Waals surface area contributed by atoms with Gasteiger partial charge in [0.25, 0.3) is 0 Å². The van der Waals surface area contributed by atoms with Crippen LogP contribution in [0.5, 0.6) is 0 Å². The number of aromatic nitrogens is 2. The summed E-state index contributed by atoms with van der Waals surface area (Å²) in [5, 5.41) is 9.82. The fraction of sp³-hybridized carbons (Fsp3) is 0.0667. The molecule has 0 spiro atoms. The molecular formula is C15H10BrN3S. The van der Waals surface area contributed by atoms with Crippen LogP contribution >= 0.6 is 27.7 Å². The van der Waals surface area contributed by atoms with Crippen LogP contribution in [0.15, 0.2) is 50.9 Å². The predicted molar refractivity (Wildman–Crippen MR) is 83.8 cm³/mol. The van der Waals surface area contributed by atoms with Gasteiger partial charge in [-0.05, 0) is 42.8 Å². The Balaban J connectivity index is 1.97. The number of nitrogens with zero attached hydrogens (tertiary/aromatic N) is 2. The van der Waals surface area contributed by atoms with Crippen LogP contribution in [0, 0.1) is 18.3 Å². The van der Waals surface area contributed by atoms with Crippen molar-refractivity contribution in [3.05, 3.63) is 52.0 Å². The van der Waals surface area contributed by atoms with Gasteiger partial charge in [0.15, 0.2) is 5.16 Å². The number of benzene rings is 2. The molecule has 0 atom stereocenters. The Kier molecular flexibility index (Phi) is 3.51. The molecule has 5 heteroatoms. The van der Waals surface area contributed by atoms with Gasteiger partial charge < -0.3 is 4.98 Å². The molecule has 0 saturated carbocycles. The number of nitrogens with one attached hydrogen (secondary N) is 1. The number of nitriles is 1. The second kappa shape index (κ2) is 5.31. The molecule has 0 saturated heterocycles. The topological polar surface area (TPSA) is 52.5 Å². The van der Waals surface area contributed by atoms with Crippen molar-refractivity contribution in [1.29, 1.82) is 5.26 Å². The van der Waals surface area contributed by atoms with Crippen molar-refractivity contribution in [2.75, 3.05) is 0 Å². The standard InChI is InChI=1S/C15H10BrN3S/c1-9-2-3-13-14(4-9)19-15(18-13)20-12-6-10(8-17)5-11(16)7-12/h2-7H,1H3,(H,18,19). The summed E-state index contributed by atoms with van der Waals surface area (Å²) in [5.74, 6) is 0. The summed E-state index contributed by atoms with van der Waals surface area (Å²) in [6, 6.07) is 13.9. The van der Waals surface area contributed by atoms with Gasteiger partial charge in [0.1, 0.15) is 0 Å². The number of aromatic amines is 1. The van der Waals surface area contributed by atoms with Crippen LogP contribution in [0.3, 0.4) is 0 Å². The lowest BCUT2D eigenvalue weighted by Crippen LogP contribution is -1.80. The number of imidazole rings is 1. The minimum Gasteiger partial charge on any atom is -0.333 e. The second-order valence-corrected chi connectivity index (χ2v) is 6.43. The van der Waals surface area contributed by atoms with E-state index in [0.717, 1.165) is 25.6 Å². The molecule has 0 aliphatic heterocycles. The van der Waals surface area contributed by atoms with Gasteiger partial charge in [-0.15, -0.1) is 0 Å². The van der Waals surface area contributed by atoms with Crippen molar-refractivity contribution >= 4 is 38.7 Å². The third-order valence-electron chi connectivity index (χ3n) is 2.83. The fourth-order valence-corrected chi connectivity index (χ4v) is 3.49. The minimum absolute atomic E-state index is 0.633. The zero-order valence-electron chi connectivity index (χ0n) is 10.6. The third-order valence-corrected chi connectivity index (χ3v) is 4.15. The summed E-state index contributed by atoms with van der Waals surface area (Å²) in [4.78, 5) is 8.82. The van der Waals surface area contributed by atoms with Crippen molar-refractivity contribution < 1.29 is 0 Å². The van der Waals surface area contributed by atoms with E-state index in [2.05, 4.69) is 45.0 Å². The molecule has 2 aromatic carbocycles. The monoisotopic (exact) mass is 343 g/mol. The molecule has 0 bridgehead atoms. The van der Waals surface area contributed by atoms with Crippen molar-refractivity contribution in [2.45, 2.75) is 17.0 Å². The normalized spacial score (nSPS) is 10.7. The van der Waals surface area contributed by atoms with Crippen LogP contribution < -0.4 is 0 Å². The lowest BCUT2D eigenvalue weighted by atomic mass is 10.2. The fourth-order valence-electron chi connectivity index (χ4n) is 1.95. The highest BCUT2D eigenvalue weighted by atomic mass is 79.9. The van der Waals surface area contributed by atoms with Gasteiger partial charge in [0, 0.05) is 9.37 Å². The maximum atomic E-state index is 8.99. The zero-order chi connectivity index (χ0) is 14.1. The zero-order valence-corrected chi connectivity index (χ0v) is 13.0. The third kappa shape index (κ3) is 2.72. The van der Waals surface area contributed by atoms with Crippen molar-refractivity contribution in [2.24, 2.45) is 0 Å². The van der Waals surface area contributed by atoms with Gasteiger partial charge in [-0.25, -0.2) is 4.98 Å². The molecule has 0 aliphatic carbocycles. The second-order valence-electron chi connectivity index (χ2n) is 4.45. The first-order valence-corrected chi connectivity index (χ1v) is 7.60. The number of H-pyrrole nitrogens is 1. The first-order valence-electron chi connectivity index (χ1n) is 5.99. The minimum atomic E-state index is 0.633. The molecule has 1 heterocycles. The Labute approximate surface area is 129 Å². The average Bonchev–Trinajstić information content (AvgIpc) is 2.79. The van der Waals surface area contributed by atoms with Gasteiger partial charge in [0.05, 0.1) is 22.7 Å². The van der Waals surface area contributed by atoms with Crippen LogP contribution in [0.25, 0.3) is 11.0 Å². The molecule has 0 amide bonds. The number of hydrogen-bond donors (Lipinski definition) is 1. The van der Waals surface area contributed by atoms with E-state index in [1.807, 2.05) is 24.3 Å². The smallest absolute Gasteiger partial charge is 0.171 e. The van der Waals surface area contributed by atoms with Crippen LogP contribution in [0.2, 0.25) is 0 Å². The Morgan fingerprint density at radius 2 is 2.10 bits per heavy atom. The van der Waals surface area contributed by atoms with Gasteiger partial charge in [-0.2, -0.15) is 5.26 Å². The molecule has 0 unspecified atom stereocenters. The Bertz CT molecular complexity index is 833. The number of aryl methyl sites for hydroxylation is 1. The van der Waals surface area contributed by atoms with Crippen LogP contribution in [-0.2, 0) is 0 Å². The number of halogens is 1. The van der Waals surface area contributed by atoms with Gasteiger partial charge in [-0.1, -0.05) is 33.8 Å². The van der Waals surface area contributed by atoms with E-state index in [4.69, 9.17) is 5.26 Å². The molecule has 0 aliphatic rings. The maximum absolute atomic E-state index is 8.99. The lowest BCUT2D eigenvalue weighted by molar-refractivity contribution is 1.08. The number of fused-ring (bicyclic) bond motifs is 1. The summed E-state index contributed by atoms with van der Waals surface area (Å²) in [7, 11) is 0. The predicted octanol–water partition coefficient (Wildman–Crippen LogP) is 4.66. The molecule has 1 aromatic heterocycles. The first kappa shape index (κ1) is 13.2. The van der Waals surface area contributed by atoms with Crippen molar-refractivity contribution in [1.82, 2.24) is 9.97 Å². The van der Waals surface area contributed by atoms with E-state index in [-0.39, 0.29) is 0 Å². The molecule has 1 N–H and O–H groups in total. The molecule has 3 rings (SSSR count). The van der Waals surface area contributed by atoms with Crippen molar-refractivity contribution in [3.8, 4) is 6.07 Å². The number of rotatable bonds is 2. The van der Waals surface area contributed by atoms with Gasteiger partial charge >= 0.3 is 0 Å². The molecule has 20 heavy (non-hydrogen) atoms. The first-order chi connectivity index (χ1) is 9.64. The summed E-state index contributed by atoms with van der Waals surface area (Å²) < 4.78 is 0.894. The van der Waals surface area contributed by atoms with Gasteiger partial charge in [-0.3, -0.25) is 0 Å². The highest BCUT2D eigenvalue weighted by molar-refractivity contribution is 9.10. The molecule has 3 aromatic rings. The van der Waals surface area contributed by atoms with E-state index < -0.39 is 0 Å². The van der Waals surface area contributed by atoms with E-state index in [9.17, 15) is 0 Å². The van der Waals surface area contributed by atoms with Crippen LogP contribution in [0.1, 0.15) is 11.1 Å². The summed E-state index contributed by atoms with van der Waals surface area (Å²) in [5.41, 5.74) is 3.82. The molecular weight excluding hydrogens is 334 g/mol. The van der Waals surface area contributed by atoms with Crippen molar-refractivity contribution in [3.63, 3.8) is 0 Å². The SMILES string of the molecule is Cc1ccc2nc(Sc3cc(Br)cc(C#N)c3)[nH]c2c1. The van der Waals surface area contributed by atoms with E-state index in [0.29, 0.717) is 5.56 Å². The summed E-state index contributed by atoms with van der Waals surface area (Å²) in [6.45, 7) is 2.06. The number of hydrogen-bond acceptors (Lipinski definition) is 3. The Morgan fingerprint density at radius 1 is 1.25 bits per heavy atom. The van der Waals surface area contributed by atoms with Crippen LogP contribution in [-0.4, -0.2) is 9.97 Å².